The zero-order chi connectivity index (χ0) is 35.9. The number of hydrogen-bond acceptors (Lipinski definition) is 7. The van der Waals surface area contributed by atoms with E-state index in [0.29, 0.717) is 13.0 Å². The number of sulfonamides is 1. The lowest BCUT2D eigenvalue weighted by Crippen LogP contribution is -2.62. The van der Waals surface area contributed by atoms with Crippen LogP contribution in [0.15, 0.2) is 11.6 Å². The molecule has 1 heterocycles. The molecule has 13 nitrogen and oxygen atoms in total. The lowest BCUT2D eigenvalue weighted by Gasteiger charge is -2.38. The Labute approximate surface area is 280 Å². The van der Waals surface area contributed by atoms with Crippen LogP contribution < -0.4 is 21.7 Å². The van der Waals surface area contributed by atoms with Gasteiger partial charge in [-0.15, -0.1) is 0 Å². The van der Waals surface area contributed by atoms with Crippen molar-refractivity contribution in [3.05, 3.63) is 11.6 Å². The highest BCUT2D eigenvalue weighted by atomic mass is 32.2. The standard InChI is InChI=1S/C33H56N6O7S/c1-31(2,3)23(18-38(9)47(10,45)46)36-30(44)37-26(32(4,5)6)29(43)39-17-21-20(14-15-33(21,7)8)24(39)28(42)35-22(25(40)27(34)41)16-19-12-11-13-19/h12,20-24,26H,11,13-18H2,1-10H3,(H2,34,41)(H,35,42)(H2,36,37,44)/t20-,21-,22?,23+,24-,26+/m0/s1. The monoisotopic (exact) mass is 680 g/mol. The number of allylic oxidation sites excluding steroid dienone is 1. The molecule has 0 aromatic rings. The number of rotatable bonds is 12. The molecule has 3 rings (SSSR count). The normalized spacial score (nSPS) is 24.4. The van der Waals surface area contributed by atoms with Crippen LogP contribution >= 0.6 is 0 Å². The van der Waals surface area contributed by atoms with Crippen molar-refractivity contribution in [1.82, 2.24) is 25.2 Å². The maximum absolute atomic E-state index is 14.5. The molecule has 5 amide bonds. The summed E-state index contributed by atoms with van der Waals surface area (Å²) in [5, 5.41) is 8.50. The third kappa shape index (κ3) is 9.13. The Kier molecular flexibility index (Phi) is 11.3. The molecule has 5 N–H and O–H groups in total. The van der Waals surface area contributed by atoms with Gasteiger partial charge in [0.2, 0.25) is 27.6 Å². The average Bonchev–Trinajstić information content (AvgIpc) is 3.42. The van der Waals surface area contributed by atoms with Crippen molar-refractivity contribution < 1.29 is 32.4 Å². The number of likely N-dealkylation sites (tertiary alicyclic amines) is 1. The van der Waals surface area contributed by atoms with E-state index < -0.39 is 74.6 Å². The number of ketones is 1. The number of fused-ring (bicyclic) bond motifs is 1. The number of urea groups is 1. The van der Waals surface area contributed by atoms with E-state index in [2.05, 4.69) is 29.8 Å². The summed E-state index contributed by atoms with van der Waals surface area (Å²) in [6.07, 6.45) is 6.44. The zero-order valence-electron chi connectivity index (χ0n) is 29.7. The fraction of sp³-hybridized carbons (Fsp3) is 0.788. The van der Waals surface area contributed by atoms with E-state index in [0.717, 1.165) is 31.1 Å². The number of Topliss-reactive ketones (excluding diaryl/α,β-unsaturated/α-hetero) is 1. The van der Waals surface area contributed by atoms with Crippen LogP contribution in [0.2, 0.25) is 0 Å². The summed E-state index contributed by atoms with van der Waals surface area (Å²) in [5.41, 5.74) is 4.86. The maximum atomic E-state index is 14.5. The molecule has 1 aliphatic heterocycles. The van der Waals surface area contributed by atoms with Crippen LogP contribution in [0.1, 0.15) is 87.5 Å². The summed E-state index contributed by atoms with van der Waals surface area (Å²) in [6, 6.07) is -4.31. The Hall–Kier alpha value is -3.00. The third-order valence-electron chi connectivity index (χ3n) is 10.3. The van der Waals surface area contributed by atoms with E-state index in [4.69, 9.17) is 5.73 Å². The van der Waals surface area contributed by atoms with Crippen molar-refractivity contribution in [3.63, 3.8) is 0 Å². The first kappa shape index (κ1) is 38.4. The molecule has 0 aromatic carbocycles. The van der Waals surface area contributed by atoms with Gasteiger partial charge in [-0.1, -0.05) is 67.0 Å². The fourth-order valence-electron chi connectivity index (χ4n) is 6.89. The highest BCUT2D eigenvalue weighted by molar-refractivity contribution is 7.88. The van der Waals surface area contributed by atoms with Crippen LogP contribution in [0.4, 0.5) is 4.79 Å². The second kappa shape index (κ2) is 13.9. The molecule has 0 bridgehead atoms. The number of nitrogens with zero attached hydrogens (tertiary/aromatic N) is 2. The Morgan fingerprint density at radius 1 is 1.04 bits per heavy atom. The summed E-state index contributed by atoms with van der Waals surface area (Å²) in [6.45, 7) is 15.7. The number of nitrogens with two attached hydrogens (primary N) is 1. The number of carbonyl (C=O) groups is 5. The smallest absolute Gasteiger partial charge is 0.315 e. The minimum atomic E-state index is -3.51. The lowest BCUT2D eigenvalue weighted by molar-refractivity contribution is -0.144. The molecule has 6 atom stereocenters. The minimum Gasteiger partial charge on any atom is -0.363 e. The van der Waals surface area contributed by atoms with Crippen molar-refractivity contribution in [2.24, 2.45) is 33.8 Å². The van der Waals surface area contributed by atoms with E-state index in [1.807, 2.05) is 47.6 Å². The lowest BCUT2D eigenvalue weighted by atomic mass is 9.79. The van der Waals surface area contributed by atoms with Gasteiger partial charge < -0.3 is 26.6 Å². The Bertz CT molecular complexity index is 1390. The number of nitrogens with one attached hydrogen (secondary N) is 3. The zero-order valence-corrected chi connectivity index (χ0v) is 30.5. The molecule has 2 fully saturated rings. The van der Waals surface area contributed by atoms with E-state index in [-0.39, 0.29) is 30.2 Å². The minimum absolute atomic E-state index is 0.00748. The van der Waals surface area contributed by atoms with Gasteiger partial charge in [-0.2, -0.15) is 0 Å². The van der Waals surface area contributed by atoms with Gasteiger partial charge >= 0.3 is 6.03 Å². The first-order valence-electron chi connectivity index (χ1n) is 16.5. The first-order valence-corrected chi connectivity index (χ1v) is 18.3. The molecule has 0 radical (unpaired) electrons. The molecule has 1 saturated carbocycles. The quantitative estimate of drug-likeness (QED) is 0.179. The summed E-state index contributed by atoms with van der Waals surface area (Å²) < 4.78 is 25.4. The van der Waals surface area contributed by atoms with Gasteiger partial charge in [-0.3, -0.25) is 19.2 Å². The fourth-order valence-corrected chi connectivity index (χ4v) is 7.31. The van der Waals surface area contributed by atoms with Gasteiger partial charge in [-0.05, 0) is 60.2 Å². The molecule has 266 valence electrons. The van der Waals surface area contributed by atoms with Crippen LogP contribution in [0.25, 0.3) is 0 Å². The van der Waals surface area contributed by atoms with Gasteiger partial charge in [0.25, 0.3) is 5.91 Å². The molecule has 2 aliphatic carbocycles. The van der Waals surface area contributed by atoms with Crippen LogP contribution in [0.5, 0.6) is 0 Å². The van der Waals surface area contributed by atoms with Crippen molar-refractivity contribution in [2.45, 2.75) is 112 Å². The summed E-state index contributed by atoms with van der Waals surface area (Å²) in [7, 11) is -2.07. The van der Waals surface area contributed by atoms with Crippen molar-refractivity contribution in [1.29, 1.82) is 0 Å². The Morgan fingerprint density at radius 2 is 1.64 bits per heavy atom. The second-order valence-electron chi connectivity index (χ2n) is 16.5. The van der Waals surface area contributed by atoms with Crippen LogP contribution in [-0.2, 0) is 29.2 Å². The average molecular weight is 681 g/mol. The molecule has 1 unspecified atom stereocenters. The largest absolute Gasteiger partial charge is 0.363 e. The molecular formula is C33H56N6O7S. The number of likely N-dealkylation sites (N-methyl/N-ethyl adjacent to an activating group) is 1. The molecule has 3 aliphatic rings. The van der Waals surface area contributed by atoms with E-state index in [1.165, 1.54) is 16.3 Å². The number of hydrogen-bond donors (Lipinski definition) is 4. The summed E-state index contributed by atoms with van der Waals surface area (Å²) in [5.74, 6) is -3.13. The molecule has 47 heavy (non-hydrogen) atoms. The van der Waals surface area contributed by atoms with Crippen molar-refractivity contribution in [2.75, 3.05) is 26.4 Å². The van der Waals surface area contributed by atoms with Gasteiger partial charge in [0.1, 0.15) is 18.1 Å². The molecule has 0 aromatic heterocycles. The maximum Gasteiger partial charge on any atom is 0.315 e. The summed E-state index contributed by atoms with van der Waals surface area (Å²) in [4.78, 5) is 68.3. The van der Waals surface area contributed by atoms with Gasteiger partial charge in [0.15, 0.2) is 0 Å². The molecule has 1 saturated heterocycles. The SMILES string of the molecule is CN(C[C@@H](NC(=O)N[C@H](C(=O)N1C[C@H]2[C@H](CCC2(C)C)[C@H]1C(=O)NC(CC1=CCC1)C(=O)C(N)=O)C(C)(C)C)C(C)(C)C)S(C)(=O)=O. The van der Waals surface area contributed by atoms with E-state index >= 15 is 0 Å². The molecule has 0 spiro atoms. The highest BCUT2D eigenvalue weighted by Crippen LogP contribution is 2.53. The van der Waals surface area contributed by atoms with Crippen molar-refractivity contribution in [3.8, 4) is 0 Å². The van der Waals surface area contributed by atoms with Gasteiger partial charge in [-0.25, -0.2) is 17.5 Å². The summed E-state index contributed by atoms with van der Waals surface area (Å²) >= 11 is 0. The van der Waals surface area contributed by atoms with Gasteiger partial charge in [0.05, 0.1) is 6.26 Å². The first-order chi connectivity index (χ1) is 21.3. The molecule has 14 heteroatoms. The van der Waals surface area contributed by atoms with Crippen molar-refractivity contribution >= 4 is 39.6 Å². The third-order valence-corrected chi connectivity index (χ3v) is 11.6. The highest BCUT2D eigenvalue weighted by Gasteiger charge is 2.57. The van der Waals surface area contributed by atoms with E-state index in [1.54, 1.807) is 0 Å². The number of primary amides is 1. The second-order valence-corrected chi connectivity index (χ2v) is 18.6. The van der Waals surface area contributed by atoms with Crippen LogP contribution in [0, 0.1) is 28.1 Å². The predicted octanol–water partition coefficient (Wildman–Crippen LogP) is 1.92. The Balaban J connectivity index is 1.90. The van der Waals surface area contributed by atoms with Gasteiger partial charge in [0, 0.05) is 26.2 Å². The molecular weight excluding hydrogens is 624 g/mol. The topological polar surface area (TPSA) is 188 Å². The van der Waals surface area contributed by atoms with Crippen LogP contribution in [-0.4, -0.2) is 97.7 Å². The number of amides is 5. The Morgan fingerprint density at radius 3 is 2.11 bits per heavy atom. The van der Waals surface area contributed by atoms with Crippen LogP contribution in [0.3, 0.4) is 0 Å². The number of carbonyl (C=O) groups excluding carboxylic acids is 5. The predicted molar refractivity (Wildman–Crippen MR) is 179 cm³/mol. The van der Waals surface area contributed by atoms with E-state index in [9.17, 15) is 32.4 Å².